The Morgan fingerprint density at radius 3 is 2.86 bits per heavy atom. The number of carboxylic acid groups (broad SMARTS) is 1. The Balaban J connectivity index is 1.90. The lowest BCUT2D eigenvalue weighted by Crippen LogP contribution is -2.26. The highest BCUT2D eigenvalue weighted by molar-refractivity contribution is 8.00. The predicted molar refractivity (Wildman–Crippen MR) is 83.5 cm³/mol. The number of nitrogens with zero attached hydrogens (tertiary/aromatic N) is 1. The second-order valence-electron chi connectivity index (χ2n) is 4.71. The van der Waals surface area contributed by atoms with Crippen LogP contribution in [-0.2, 0) is 11.3 Å². The van der Waals surface area contributed by atoms with Crippen molar-refractivity contribution in [2.75, 3.05) is 5.75 Å². The molecule has 0 bridgehead atoms. The molecule has 1 aliphatic rings. The first-order valence-electron chi connectivity index (χ1n) is 6.41. The third-order valence-electron chi connectivity index (χ3n) is 3.30. The third kappa shape index (κ3) is 2.82. The fraction of sp³-hybridized carbons (Fsp3) is 0.200. The van der Waals surface area contributed by atoms with Crippen LogP contribution in [0.3, 0.4) is 0 Å². The first-order chi connectivity index (χ1) is 10.2. The van der Waals surface area contributed by atoms with E-state index in [0.717, 1.165) is 11.1 Å². The average molecular weight is 319 g/mol. The number of carbonyl (C=O) groups is 2. The van der Waals surface area contributed by atoms with Crippen LogP contribution in [0.2, 0.25) is 0 Å². The number of carbonyl (C=O) groups excluding carboxylic acids is 1. The number of hydrogen-bond donors (Lipinski definition) is 1. The quantitative estimate of drug-likeness (QED) is 0.919. The van der Waals surface area contributed by atoms with Crippen molar-refractivity contribution in [3.63, 3.8) is 0 Å². The van der Waals surface area contributed by atoms with Crippen LogP contribution in [0, 0.1) is 0 Å². The normalized spacial score (nSPS) is 17.0. The molecule has 1 aromatic carbocycles. The van der Waals surface area contributed by atoms with Crippen molar-refractivity contribution in [2.24, 2.45) is 0 Å². The smallest absolute Gasteiger partial charge is 0.313 e. The molecule has 1 N–H and O–H groups in total. The standard InChI is InChI=1S/C15H13NO3S2/c17-13(18)9-21-15-12-4-2-1-3-11(12)14(19)16(15)7-10-5-6-20-8-10/h1-6,8,15H,7,9H2,(H,17,18). The molecule has 0 aliphatic carbocycles. The van der Waals surface area contributed by atoms with Gasteiger partial charge in [0.25, 0.3) is 5.91 Å². The van der Waals surface area contributed by atoms with E-state index in [0.29, 0.717) is 12.1 Å². The van der Waals surface area contributed by atoms with Crippen molar-refractivity contribution in [3.8, 4) is 0 Å². The van der Waals surface area contributed by atoms with Gasteiger partial charge in [-0.05, 0) is 34.0 Å². The highest BCUT2D eigenvalue weighted by Gasteiger charge is 2.36. The Morgan fingerprint density at radius 1 is 1.33 bits per heavy atom. The molecule has 0 fully saturated rings. The van der Waals surface area contributed by atoms with Crippen molar-refractivity contribution in [1.29, 1.82) is 0 Å². The Morgan fingerprint density at radius 2 is 2.14 bits per heavy atom. The SMILES string of the molecule is O=C(O)CSC1c2ccccc2C(=O)N1Cc1ccsc1. The van der Waals surface area contributed by atoms with Crippen LogP contribution < -0.4 is 0 Å². The molecule has 1 amide bonds. The fourth-order valence-electron chi connectivity index (χ4n) is 2.40. The van der Waals surface area contributed by atoms with Crippen LogP contribution >= 0.6 is 23.1 Å². The number of hydrogen-bond acceptors (Lipinski definition) is 4. The van der Waals surface area contributed by atoms with Gasteiger partial charge in [0, 0.05) is 12.1 Å². The van der Waals surface area contributed by atoms with Gasteiger partial charge in [-0.25, -0.2) is 0 Å². The van der Waals surface area contributed by atoms with E-state index in [9.17, 15) is 9.59 Å². The topological polar surface area (TPSA) is 57.6 Å². The van der Waals surface area contributed by atoms with Gasteiger partial charge >= 0.3 is 5.97 Å². The van der Waals surface area contributed by atoms with Crippen molar-refractivity contribution in [2.45, 2.75) is 11.9 Å². The number of fused-ring (bicyclic) bond motifs is 1. The molecule has 2 aromatic rings. The predicted octanol–water partition coefficient (Wildman–Crippen LogP) is 3.22. The van der Waals surface area contributed by atoms with Gasteiger partial charge in [-0.3, -0.25) is 9.59 Å². The molecule has 2 heterocycles. The van der Waals surface area contributed by atoms with E-state index in [1.807, 2.05) is 35.0 Å². The van der Waals surface area contributed by atoms with Crippen LogP contribution in [0.1, 0.15) is 26.9 Å². The maximum absolute atomic E-state index is 12.5. The monoisotopic (exact) mass is 319 g/mol. The Hall–Kier alpha value is -1.79. The molecule has 1 aromatic heterocycles. The van der Waals surface area contributed by atoms with Crippen LogP contribution in [0.25, 0.3) is 0 Å². The summed E-state index contributed by atoms with van der Waals surface area (Å²) < 4.78 is 0. The number of thioether (sulfide) groups is 1. The summed E-state index contributed by atoms with van der Waals surface area (Å²) in [6.07, 6.45) is 0. The molecule has 6 heteroatoms. The Labute approximate surface area is 130 Å². The summed E-state index contributed by atoms with van der Waals surface area (Å²) in [5, 5.41) is 12.7. The van der Waals surface area contributed by atoms with Crippen LogP contribution in [-0.4, -0.2) is 27.6 Å². The largest absolute Gasteiger partial charge is 0.481 e. The summed E-state index contributed by atoms with van der Waals surface area (Å²) in [5.74, 6) is -0.918. The molecule has 21 heavy (non-hydrogen) atoms. The molecule has 0 saturated carbocycles. The number of benzene rings is 1. The number of amides is 1. The zero-order chi connectivity index (χ0) is 14.8. The molecule has 0 spiro atoms. The molecule has 108 valence electrons. The Bertz CT molecular complexity index is 669. The van der Waals surface area contributed by atoms with Gasteiger partial charge in [-0.1, -0.05) is 18.2 Å². The van der Waals surface area contributed by atoms with E-state index in [2.05, 4.69) is 0 Å². The van der Waals surface area contributed by atoms with E-state index in [-0.39, 0.29) is 17.0 Å². The lowest BCUT2D eigenvalue weighted by atomic mass is 10.1. The van der Waals surface area contributed by atoms with Crippen molar-refractivity contribution < 1.29 is 14.7 Å². The van der Waals surface area contributed by atoms with Crippen LogP contribution in [0.5, 0.6) is 0 Å². The van der Waals surface area contributed by atoms with E-state index in [4.69, 9.17) is 5.11 Å². The van der Waals surface area contributed by atoms with Gasteiger partial charge in [0.2, 0.25) is 0 Å². The Kier molecular flexibility index (Phi) is 3.98. The molecule has 4 nitrogen and oxygen atoms in total. The molecular formula is C15H13NO3S2. The average Bonchev–Trinajstić information content (AvgIpc) is 3.06. The first kappa shape index (κ1) is 14.2. The van der Waals surface area contributed by atoms with Crippen LogP contribution in [0.15, 0.2) is 41.1 Å². The molecule has 0 radical (unpaired) electrons. The molecule has 1 unspecified atom stereocenters. The minimum atomic E-state index is -0.868. The van der Waals surface area contributed by atoms with Crippen molar-refractivity contribution >= 4 is 35.0 Å². The van der Waals surface area contributed by atoms with Gasteiger partial charge < -0.3 is 10.0 Å². The second kappa shape index (κ2) is 5.91. The second-order valence-corrected chi connectivity index (χ2v) is 6.56. The fourth-order valence-corrected chi connectivity index (χ4v) is 4.10. The number of thiophene rings is 1. The number of rotatable bonds is 5. The van der Waals surface area contributed by atoms with E-state index in [1.54, 1.807) is 22.3 Å². The zero-order valence-electron chi connectivity index (χ0n) is 11.1. The lowest BCUT2D eigenvalue weighted by Gasteiger charge is -2.24. The van der Waals surface area contributed by atoms with Crippen molar-refractivity contribution in [1.82, 2.24) is 4.90 Å². The number of aliphatic carboxylic acids is 1. The minimum absolute atomic E-state index is 0.0214. The molecule has 0 saturated heterocycles. The van der Waals surface area contributed by atoms with Crippen molar-refractivity contribution in [3.05, 3.63) is 57.8 Å². The van der Waals surface area contributed by atoms with Gasteiger partial charge in [0.15, 0.2) is 0 Å². The van der Waals surface area contributed by atoms with Gasteiger partial charge in [0.1, 0.15) is 5.37 Å². The van der Waals surface area contributed by atoms with Gasteiger partial charge in [0.05, 0.1) is 5.75 Å². The maximum atomic E-state index is 12.5. The van der Waals surface area contributed by atoms with E-state index >= 15 is 0 Å². The van der Waals surface area contributed by atoms with Gasteiger partial charge in [-0.15, -0.1) is 11.8 Å². The molecule has 1 atom stereocenters. The summed E-state index contributed by atoms with van der Waals surface area (Å²) in [4.78, 5) is 25.1. The first-order valence-corrected chi connectivity index (χ1v) is 8.40. The lowest BCUT2D eigenvalue weighted by molar-refractivity contribution is -0.133. The minimum Gasteiger partial charge on any atom is -0.481 e. The summed E-state index contributed by atoms with van der Waals surface area (Å²) in [6, 6.07) is 9.41. The van der Waals surface area contributed by atoms with Gasteiger partial charge in [-0.2, -0.15) is 11.3 Å². The summed E-state index contributed by atoms with van der Waals surface area (Å²) in [5.41, 5.74) is 2.65. The van der Waals surface area contributed by atoms with E-state index < -0.39 is 5.97 Å². The number of carboxylic acids is 1. The molecule has 1 aliphatic heterocycles. The summed E-state index contributed by atoms with van der Waals surface area (Å²) >= 11 is 2.87. The maximum Gasteiger partial charge on any atom is 0.313 e. The van der Waals surface area contributed by atoms with E-state index in [1.165, 1.54) is 11.8 Å². The summed E-state index contributed by atoms with van der Waals surface area (Å²) in [6.45, 7) is 0.508. The van der Waals surface area contributed by atoms with Crippen LogP contribution in [0.4, 0.5) is 0 Å². The highest BCUT2D eigenvalue weighted by atomic mass is 32.2. The highest BCUT2D eigenvalue weighted by Crippen LogP contribution is 2.42. The third-order valence-corrected chi connectivity index (χ3v) is 5.27. The zero-order valence-corrected chi connectivity index (χ0v) is 12.7. The summed E-state index contributed by atoms with van der Waals surface area (Å²) in [7, 11) is 0. The molecular weight excluding hydrogens is 306 g/mol. The molecule has 3 rings (SSSR count).